The average Bonchev–Trinajstić information content (AvgIpc) is 2.77. The molecule has 1 aromatic rings. The van der Waals surface area contributed by atoms with Gasteiger partial charge in [-0.15, -0.1) is 0 Å². The van der Waals surface area contributed by atoms with Crippen LogP contribution in [-0.4, -0.2) is 11.5 Å². The van der Waals surface area contributed by atoms with Gasteiger partial charge in [0.25, 0.3) is 0 Å². The Morgan fingerprint density at radius 3 is 2.86 bits per heavy atom. The zero-order valence-corrected chi connectivity index (χ0v) is 8.97. The Bertz CT molecular complexity index is 258. The first kappa shape index (κ1) is 9.78. The molecule has 0 radical (unpaired) electrons. The van der Waals surface area contributed by atoms with E-state index in [0.717, 1.165) is 13.1 Å². The predicted octanol–water partition coefficient (Wildman–Crippen LogP) is 2.68. The van der Waals surface area contributed by atoms with Crippen molar-refractivity contribution >= 4 is 0 Å². The Labute approximate surface area is 86.1 Å². The minimum atomic E-state index is 0.562. The van der Waals surface area contributed by atoms with Gasteiger partial charge < -0.3 is 10.3 Å². The number of nitrogens with one attached hydrogen (secondary N) is 2. The van der Waals surface area contributed by atoms with E-state index in [1.807, 2.05) is 12.3 Å². The SMILES string of the molecule is CC1(CNCc2ccc[nH]2)CCCC1. The van der Waals surface area contributed by atoms with E-state index in [1.54, 1.807) is 0 Å². The molecule has 0 saturated heterocycles. The number of H-pyrrole nitrogens is 1. The molecule has 1 aliphatic rings. The third kappa shape index (κ3) is 2.38. The highest BCUT2D eigenvalue weighted by molar-refractivity contribution is 5.03. The monoisotopic (exact) mass is 192 g/mol. The van der Waals surface area contributed by atoms with E-state index in [2.05, 4.69) is 23.3 Å². The van der Waals surface area contributed by atoms with Gasteiger partial charge in [-0.25, -0.2) is 0 Å². The normalized spacial score (nSPS) is 20.1. The van der Waals surface area contributed by atoms with Crippen LogP contribution in [0.3, 0.4) is 0 Å². The van der Waals surface area contributed by atoms with Crippen molar-refractivity contribution in [3.8, 4) is 0 Å². The van der Waals surface area contributed by atoms with E-state index in [0.29, 0.717) is 5.41 Å². The minimum absolute atomic E-state index is 0.562. The fourth-order valence-electron chi connectivity index (χ4n) is 2.38. The Morgan fingerprint density at radius 2 is 2.21 bits per heavy atom. The third-order valence-electron chi connectivity index (χ3n) is 3.34. The molecule has 0 bridgehead atoms. The highest BCUT2D eigenvalue weighted by Gasteiger charge is 2.27. The Morgan fingerprint density at radius 1 is 1.43 bits per heavy atom. The Hall–Kier alpha value is -0.760. The molecule has 1 aliphatic carbocycles. The number of aromatic amines is 1. The van der Waals surface area contributed by atoms with Crippen molar-refractivity contribution in [2.75, 3.05) is 6.54 Å². The van der Waals surface area contributed by atoms with E-state index in [1.165, 1.54) is 31.4 Å². The molecule has 1 heterocycles. The second-order valence-corrected chi connectivity index (χ2v) is 4.82. The van der Waals surface area contributed by atoms with Gasteiger partial charge in [0.1, 0.15) is 0 Å². The van der Waals surface area contributed by atoms with Crippen LogP contribution in [0.2, 0.25) is 0 Å². The maximum absolute atomic E-state index is 3.54. The summed E-state index contributed by atoms with van der Waals surface area (Å²) in [5, 5.41) is 3.54. The molecule has 1 saturated carbocycles. The molecule has 2 heteroatoms. The summed E-state index contributed by atoms with van der Waals surface area (Å²) in [4.78, 5) is 3.21. The summed E-state index contributed by atoms with van der Waals surface area (Å²) < 4.78 is 0. The maximum Gasteiger partial charge on any atom is 0.0357 e. The molecular weight excluding hydrogens is 172 g/mol. The molecule has 0 unspecified atom stereocenters. The van der Waals surface area contributed by atoms with Crippen LogP contribution >= 0.6 is 0 Å². The van der Waals surface area contributed by atoms with Crippen molar-refractivity contribution in [1.82, 2.24) is 10.3 Å². The first-order valence-electron chi connectivity index (χ1n) is 5.62. The van der Waals surface area contributed by atoms with Gasteiger partial charge in [0.15, 0.2) is 0 Å². The molecule has 14 heavy (non-hydrogen) atoms. The molecule has 78 valence electrons. The first-order valence-corrected chi connectivity index (χ1v) is 5.62. The van der Waals surface area contributed by atoms with Crippen molar-refractivity contribution in [3.05, 3.63) is 24.0 Å². The quantitative estimate of drug-likeness (QED) is 0.754. The largest absolute Gasteiger partial charge is 0.364 e. The van der Waals surface area contributed by atoms with Crippen molar-refractivity contribution in [2.45, 2.75) is 39.2 Å². The molecule has 0 amide bonds. The van der Waals surface area contributed by atoms with Crippen LogP contribution in [0.5, 0.6) is 0 Å². The second kappa shape index (κ2) is 4.18. The van der Waals surface area contributed by atoms with Crippen LogP contribution in [0.15, 0.2) is 18.3 Å². The number of rotatable bonds is 4. The summed E-state index contributed by atoms with van der Waals surface area (Å²) in [6, 6.07) is 4.18. The van der Waals surface area contributed by atoms with E-state index in [4.69, 9.17) is 0 Å². The lowest BCUT2D eigenvalue weighted by Gasteiger charge is -2.23. The summed E-state index contributed by atoms with van der Waals surface area (Å²) in [5.74, 6) is 0. The number of hydrogen-bond donors (Lipinski definition) is 2. The van der Waals surface area contributed by atoms with E-state index >= 15 is 0 Å². The molecule has 0 spiro atoms. The molecule has 2 rings (SSSR count). The zero-order valence-electron chi connectivity index (χ0n) is 8.97. The lowest BCUT2D eigenvalue weighted by Crippen LogP contribution is -2.29. The molecule has 0 aromatic carbocycles. The molecule has 0 aliphatic heterocycles. The standard InChI is InChI=1S/C12H20N2/c1-12(6-2-3-7-12)10-13-9-11-5-4-8-14-11/h4-5,8,13-14H,2-3,6-7,9-10H2,1H3. The molecule has 0 atom stereocenters. The molecule has 2 nitrogen and oxygen atoms in total. The summed E-state index contributed by atoms with van der Waals surface area (Å²) in [6.07, 6.45) is 7.60. The zero-order chi connectivity index (χ0) is 9.86. The second-order valence-electron chi connectivity index (χ2n) is 4.82. The predicted molar refractivity (Wildman–Crippen MR) is 59.1 cm³/mol. The van der Waals surface area contributed by atoms with Gasteiger partial charge in [-0.1, -0.05) is 19.8 Å². The average molecular weight is 192 g/mol. The summed E-state index contributed by atoms with van der Waals surface area (Å²) in [5.41, 5.74) is 1.85. The van der Waals surface area contributed by atoms with Crippen molar-refractivity contribution in [3.63, 3.8) is 0 Å². The summed E-state index contributed by atoms with van der Waals surface area (Å²) >= 11 is 0. The highest BCUT2D eigenvalue weighted by Crippen LogP contribution is 2.36. The lowest BCUT2D eigenvalue weighted by atomic mass is 9.89. The molecule has 2 N–H and O–H groups in total. The Balaban J connectivity index is 1.72. The number of aromatic nitrogens is 1. The van der Waals surface area contributed by atoms with Gasteiger partial charge in [-0.3, -0.25) is 0 Å². The smallest absolute Gasteiger partial charge is 0.0357 e. The van der Waals surface area contributed by atoms with Crippen LogP contribution in [0.4, 0.5) is 0 Å². The third-order valence-corrected chi connectivity index (χ3v) is 3.34. The van der Waals surface area contributed by atoms with Crippen molar-refractivity contribution < 1.29 is 0 Å². The van der Waals surface area contributed by atoms with Crippen molar-refractivity contribution in [1.29, 1.82) is 0 Å². The summed E-state index contributed by atoms with van der Waals surface area (Å²) in [6.45, 7) is 4.54. The van der Waals surface area contributed by atoms with Crippen molar-refractivity contribution in [2.24, 2.45) is 5.41 Å². The minimum Gasteiger partial charge on any atom is -0.364 e. The van der Waals surface area contributed by atoms with Crippen LogP contribution in [-0.2, 0) is 6.54 Å². The fraction of sp³-hybridized carbons (Fsp3) is 0.667. The van der Waals surface area contributed by atoms with Gasteiger partial charge in [-0.2, -0.15) is 0 Å². The Kier molecular flexibility index (Phi) is 2.92. The van der Waals surface area contributed by atoms with Crippen LogP contribution < -0.4 is 5.32 Å². The molecular formula is C12H20N2. The first-order chi connectivity index (χ1) is 6.79. The number of hydrogen-bond acceptors (Lipinski definition) is 1. The van der Waals surface area contributed by atoms with Gasteiger partial charge in [0.05, 0.1) is 0 Å². The van der Waals surface area contributed by atoms with Crippen LogP contribution in [0.1, 0.15) is 38.3 Å². The maximum atomic E-state index is 3.54. The lowest BCUT2D eigenvalue weighted by molar-refractivity contribution is 0.314. The fourth-order valence-corrected chi connectivity index (χ4v) is 2.38. The summed E-state index contributed by atoms with van der Waals surface area (Å²) in [7, 11) is 0. The van der Waals surface area contributed by atoms with Gasteiger partial charge in [-0.05, 0) is 30.4 Å². The molecule has 1 aromatic heterocycles. The van der Waals surface area contributed by atoms with Gasteiger partial charge >= 0.3 is 0 Å². The topological polar surface area (TPSA) is 27.8 Å². The molecule has 1 fully saturated rings. The van der Waals surface area contributed by atoms with Gasteiger partial charge in [0.2, 0.25) is 0 Å². The van der Waals surface area contributed by atoms with E-state index in [9.17, 15) is 0 Å². The van der Waals surface area contributed by atoms with Crippen LogP contribution in [0.25, 0.3) is 0 Å². The van der Waals surface area contributed by atoms with Gasteiger partial charge in [0, 0.05) is 25.0 Å². The highest BCUT2D eigenvalue weighted by atomic mass is 14.9. The van der Waals surface area contributed by atoms with E-state index in [-0.39, 0.29) is 0 Å². The van der Waals surface area contributed by atoms with E-state index < -0.39 is 0 Å². The van der Waals surface area contributed by atoms with Crippen LogP contribution in [0, 0.1) is 5.41 Å².